The molecule has 0 N–H and O–H groups in total. The van der Waals surface area contributed by atoms with E-state index in [9.17, 15) is 8.42 Å². The molecule has 1 rings (SSSR count). The third-order valence-electron chi connectivity index (χ3n) is 1.91. The van der Waals surface area contributed by atoms with Gasteiger partial charge in [0.1, 0.15) is 10.0 Å². The van der Waals surface area contributed by atoms with Gasteiger partial charge < -0.3 is 0 Å². The van der Waals surface area contributed by atoms with Crippen LogP contribution in [-0.2, 0) is 9.84 Å². The van der Waals surface area contributed by atoms with Gasteiger partial charge in [-0.15, -0.1) is 0 Å². The second kappa shape index (κ2) is 3.90. The molecule has 1 aromatic rings. The van der Waals surface area contributed by atoms with Crippen LogP contribution in [0.1, 0.15) is 26.8 Å². The zero-order chi connectivity index (χ0) is 10.9. The lowest BCUT2D eigenvalue weighted by Crippen LogP contribution is -2.06. The molecular weight excluding hydrogens is 224 g/mol. The van der Waals surface area contributed by atoms with Gasteiger partial charge in [0, 0.05) is 6.04 Å². The lowest BCUT2D eigenvalue weighted by molar-refractivity contribution is 0.532. The minimum Gasteiger partial charge on any atom is -0.250 e. The van der Waals surface area contributed by atoms with E-state index in [-0.39, 0.29) is 21.8 Å². The number of rotatable bonds is 3. The van der Waals surface area contributed by atoms with Crippen LogP contribution in [0.3, 0.4) is 0 Å². The summed E-state index contributed by atoms with van der Waals surface area (Å²) in [6.45, 7) is 5.36. The summed E-state index contributed by atoms with van der Waals surface area (Å²) in [6, 6.07) is 0.0586. The molecule has 0 aromatic carbocycles. The first-order chi connectivity index (χ1) is 6.40. The summed E-state index contributed by atoms with van der Waals surface area (Å²) >= 11 is 5.90. The molecule has 80 valence electrons. The van der Waals surface area contributed by atoms with Crippen molar-refractivity contribution in [3.05, 3.63) is 11.3 Å². The van der Waals surface area contributed by atoms with Crippen molar-refractivity contribution >= 4 is 21.4 Å². The summed E-state index contributed by atoms with van der Waals surface area (Å²) in [5, 5.41) is 4.13. The van der Waals surface area contributed by atoms with Crippen LogP contribution < -0.4 is 0 Å². The van der Waals surface area contributed by atoms with Crippen molar-refractivity contribution < 1.29 is 8.42 Å². The molecule has 0 radical (unpaired) electrons. The molecule has 1 aromatic heterocycles. The maximum Gasteiger partial charge on any atom is 0.182 e. The van der Waals surface area contributed by atoms with Gasteiger partial charge in [-0.25, -0.2) is 8.42 Å². The number of hydrogen-bond donors (Lipinski definition) is 0. The van der Waals surface area contributed by atoms with E-state index in [1.54, 1.807) is 6.92 Å². The molecule has 0 saturated carbocycles. The SMILES string of the molecule is CCS(=O)(=O)c1cnn(C(C)C)c1Cl. The molecule has 0 unspecified atom stereocenters. The van der Waals surface area contributed by atoms with E-state index < -0.39 is 9.84 Å². The van der Waals surface area contributed by atoms with Crippen LogP contribution in [0, 0.1) is 0 Å². The molecule has 0 bridgehead atoms. The van der Waals surface area contributed by atoms with Crippen LogP contribution in [0.5, 0.6) is 0 Å². The molecule has 0 spiro atoms. The normalized spacial score (nSPS) is 12.4. The Bertz CT molecular complexity index is 423. The van der Waals surface area contributed by atoms with Crippen molar-refractivity contribution in [1.29, 1.82) is 0 Å². The Morgan fingerprint density at radius 3 is 2.50 bits per heavy atom. The molecule has 14 heavy (non-hydrogen) atoms. The van der Waals surface area contributed by atoms with Crippen LogP contribution in [0.2, 0.25) is 5.15 Å². The smallest absolute Gasteiger partial charge is 0.182 e. The first-order valence-corrected chi connectivity index (χ1v) is 6.39. The maximum atomic E-state index is 11.5. The average Bonchev–Trinajstić information content (AvgIpc) is 2.47. The van der Waals surface area contributed by atoms with Crippen LogP contribution in [0.15, 0.2) is 11.1 Å². The van der Waals surface area contributed by atoms with E-state index in [4.69, 9.17) is 11.6 Å². The topological polar surface area (TPSA) is 52.0 Å². The standard InChI is InChI=1S/C8H13ClN2O2S/c1-4-14(12,13)7-5-10-11(6(2)3)8(7)9/h5-6H,4H2,1-3H3. The molecule has 0 amide bonds. The molecule has 0 atom stereocenters. The lowest BCUT2D eigenvalue weighted by Gasteiger charge is -2.06. The molecule has 0 saturated heterocycles. The molecule has 0 fully saturated rings. The Hall–Kier alpha value is -0.550. The molecule has 1 heterocycles. The summed E-state index contributed by atoms with van der Waals surface area (Å²) in [7, 11) is -3.26. The molecule has 0 aliphatic rings. The van der Waals surface area contributed by atoms with Crippen molar-refractivity contribution in [2.24, 2.45) is 0 Å². The first kappa shape index (κ1) is 11.5. The lowest BCUT2D eigenvalue weighted by atomic mass is 10.4. The van der Waals surface area contributed by atoms with Gasteiger partial charge in [-0.1, -0.05) is 18.5 Å². The Morgan fingerprint density at radius 2 is 2.14 bits per heavy atom. The Morgan fingerprint density at radius 1 is 1.57 bits per heavy atom. The molecular formula is C8H13ClN2O2S. The van der Waals surface area contributed by atoms with Crippen molar-refractivity contribution in [3.8, 4) is 0 Å². The average molecular weight is 237 g/mol. The molecule has 6 heteroatoms. The predicted molar refractivity (Wildman–Crippen MR) is 55.3 cm³/mol. The van der Waals surface area contributed by atoms with Gasteiger partial charge in [-0.2, -0.15) is 5.10 Å². The van der Waals surface area contributed by atoms with Gasteiger partial charge in [0.2, 0.25) is 0 Å². The largest absolute Gasteiger partial charge is 0.250 e. The highest BCUT2D eigenvalue weighted by Crippen LogP contribution is 2.24. The second-order valence-electron chi connectivity index (χ2n) is 3.24. The van der Waals surface area contributed by atoms with E-state index in [1.807, 2.05) is 13.8 Å². The summed E-state index contributed by atoms with van der Waals surface area (Å²) in [5.74, 6) is 0.0382. The van der Waals surface area contributed by atoms with Crippen molar-refractivity contribution in [2.75, 3.05) is 5.75 Å². The van der Waals surface area contributed by atoms with E-state index in [0.717, 1.165) is 0 Å². The fourth-order valence-electron chi connectivity index (χ4n) is 1.06. The number of aromatic nitrogens is 2. The second-order valence-corrected chi connectivity index (χ2v) is 5.85. The van der Waals surface area contributed by atoms with E-state index in [2.05, 4.69) is 5.10 Å². The van der Waals surface area contributed by atoms with Crippen molar-refractivity contribution in [1.82, 2.24) is 9.78 Å². The van der Waals surface area contributed by atoms with Crippen LogP contribution in [0.4, 0.5) is 0 Å². The van der Waals surface area contributed by atoms with Crippen molar-refractivity contribution in [3.63, 3.8) is 0 Å². The van der Waals surface area contributed by atoms with Gasteiger partial charge in [0.25, 0.3) is 0 Å². The Kier molecular flexibility index (Phi) is 3.21. The van der Waals surface area contributed by atoms with Gasteiger partial charge in [0.15, 0.2) is 9.84 Å². The Labute approximate surface area is 88.8 Å². The van der Waals surface area contributed by atoms with Crippen LogP contribution in [0.25, 0.3) is 0 Å². The number of halogens is 1. The summed E-state index contributed by atoms with van der Waals surface area (Å²) in [5.41, 5.74) is 0. The van der Waals surface area contributed by atoms with Gasteiger partial charge in [-0.05, 0) is 13.8 Å². The predicted octanol–water partition coefficient (Wildman–Crippen LogP) is 1.91. The highest BCUT2D eigenvalue weighted by molar-refractivity contribution is 7.91. The van der Waals surface area contributed by atoms with E-state index in [0.29, 0.717) is 0 Å². The fraction of sp³-hybridized carbons (Fsp3) is 0.625. The first-order valence-electron chi connectivity index (χ1n) is 4.36. The Balaban J connectivity index is 3.27. The van der Waals surface area contributed by atoms with E-state index in [1.165, 1.54) is 10.9 Å². The summed E-state index contributed by atoms with van der Waals surface area (Å²) < 4.78 is 24.5. The zero-order valence-corrected chi connectivity index (χ0v) is 9.93. The number of nitrogens with zero attached hydrogens (tertiary/aromatic N) is 2. The van der Waals surface area contributed by atoms with E-state index >= 15 is 0 Å². The molecule has 0 aliphatic heterocycles. The molecule has 4 nitrogen and oxygen atoms in total. The minimum absolute atomic E-state index is 0.0382. The third kappa shape index (κ3) is 1.93. The van der Waals surface area contributed by atoms with Gasteiger partial charge >= 0.3 is 0 Å². The highest BCUT2D eigenvalue weighted by Gasteiger charge is 2.21. The number of hydrogen-bond acceptors (Lipinski definition) is 3. The highest BCUT2D eigenvalue weighted by atomic mass is 35.5. The monoisotopic (exact) mass is 236 g/mol. The van der Waals surface area contributed by atoms with Crippen LogP contribution >= 0.6 is 11.6 Å². The summed E-state index contributed by atoms with van der Waals surface area (Å²) in [6.07, 6.45) is 1.31. The van der Waals surface area contributed by atoms with Crippen molar-refractivity contribution in [2.45, 2.75) is 31.7 Å². The summed E-state index contributed by atoms with van der Waals surface area (Å²) in [4.78, 5) is 0.121. The fourth-order valence-corrected chi connectivity index (χ4v) is 2.56. The zero-order valence-electron chi connectivity index (χ0n) is 8.36. The minimum atomic E-state index is -3.26. The number of sulfone groups is 1. The quantitative estimate of drug-likeness (QED) is 0.806. The van der Waals surface area contributed by atoms with Gasteiger partial charge in [-0.3, -0.25) is 4.68 Å². The van der Waals surface area contributed by atoms with Crippen LogP contribution in [-0.4, -0.2) is 24.0 Å². The van der Waals surface area contributed by atoms with Gasteiger partial charge in [0.05, 0.1) is 11.9 Å². The molecule has 0 aliphatic carbocycles. The third-order valence-corrected chi connectivity index (χ3v) is 4.13. The maximum absolute atomic E-state index is 11.5.